The number of anilines is 2. The van der Waals surface area contributed by atoms with Gasteiger partial charge in [-0.15, -0.1) is 0 Å². The van der Waals surface area contributed by atoms with Crippen LogP contribution in [0.1, 0.15) is 41.6 Å². The zero-order valence-corrected chi connectivity index (χ0v) is 16.9. The van der Waals surface area contributed by atoms with E-state index in [1.807, 2.05) is 0 Å². The summed E-state index contributed by atoms with van der Waals surface area (Å²) >= 11 is 6.00. The highest BCUT2D eigenvalue weighted by Gasteiger charge is 2.48. The number of aromatic nitrogens is 2. The third-order valence-corrected chi connectivity index (χ3v) is 6.35. The highest BCUT2D eigenvalue weighted by Crippen LogP contribution is 2.45. The van der Waals surface area contributed by atoms with Crippen molar-refractivity contribution in [2.75, 3.05) is 24.1 Å². The minimum Gasteiger partial charge on any atom is -0.436 e. The molecule has 1 spiro atoms. The van der Waals surface area contributed by atoms with Crippen molar-refractivity contribution in [1.82, 2.24) is 14.7 Å². The summed E-state index contributed by atoms with van der Waals surface area (Å²) in [6.45, 7) is 1.15. The molecule has 8 nitrogen and oxygen atoms in total. The molecule has 10 heteroatoms. The Morgan fingerprint density at radius 3 is 3.00 bits per heavy atom. The largest absolute Gasteiger partial charge is 0.436 e. The zero-order valence-electron chi connectivity index (χ0n) is 16.2. The van der Waals surface area contributed by atoms with Gasteiger partial charge in [0.25, 0.3) is 5.91 Å². The van der Waals surface area contributed by atoms with E-state index >= 15 is 0 Å². The van der Waals surface area contributed by atoms with Crippen LogP contribution in [0.25, 0.3) is 0 Å². The summed E-state index contributed by atoms with van der Waals surface area (Å²) in [6, 6.07) is 2.93. The van der Waals surface area contributed by atoms with E-state index in [4.69, 9.17) is 22.1 Å². The molecule has 5 rings (SSSR count). The first-order valence-electron chi connectivity index (χ1n) is 9.97. The Hall–Kier alpha value is -2.81. The van der Waals surface area contributed by atoms with Crippen molar-refractivity contribution < 1.29 is 18.7 Å². The van der Waals surface area contributed by atoms with Gasteiger partial charge < -0.3 is 15.4 Å². The minimum atomic E-state index is -1.31. The van der Waals surface area contributed by atoms with Gasteiger partial charge in [-0.05, 0) is 43.7 Å². The van der Waals surface area contributed by atoms with Crippen molar-refractivity contribution in [3.63, 3.8) is 0 Å². The number of nitrogens with one attached hydrogen (secondary N) is 1. The number of carbonyl (C=O) groups excluding carboxylic acids is 2. The van der Waals surface area contributed by atoms with Gasteiger partial charge in [-0.25, -0.2) is 13.9 Å². The lowest BCUT2D eigenvalue weighted by Gasteiger charge is -2.45. The Morgan fingerprint density at radius 2 is 2.23 bits per heavy atom. The lowest BCUT2D eigenvalue weighted by molar-refractivity contribution is -0.0418. The van der Waals surface area contributed by atoms with Gasteiger partial charge in [0.15, 0.2) is 11.4 Å². The quantitative estimate of drug-likeness (QED) is 0.772. The van der Waals surface area contributed by atoms with E-state index < -0.39 is 17.5 Å². The lowest BCUT2D eigenvalue weighted by atomic mass is 9.83. The molecule has 3 N–H and O–H groups in total. The maximum Gasteiger partial charge on any atom is 0.412 e. The molecule has 0 unspecified atom stereocenters. The third kappa shape index (κ3) is 3.08. The van der Waals surface area contributed by atoms with Crippen molar-refractivity contribution in [2.24, 2.45) is 5.92 Å². The van der Waals surface area contributed by atoms with Crippen LogP contribution in [0.15, 0.2) is 18.3 Å². The molecule has 2 amide bonds. The Balaban J connectivity index is 1.47. The number of nitrogens with zero attached hydrogens (tertiary/aromatic N) is 3. The number of benzene rings is 1. The SMILES string of the molecule is Nc1c(C(=O)N2CCC[C@@]3(C2)OC(=O)Nc2ccc(Cl)c(F)c23)cnn1CC1CC1. The fraction of sp³-hybridized carbons (Fsp3) is 0.450. The predicted octanol–water partition coefficient (Wildman–Crippen LogP) is 3.36. The topological polar surface area (TPSA) is 102 Å². The van der Waals surface area contributed by atoms with E-state index in [0.717, 1.165) is 12.8 Å². The van der Waals surface area contributed by atoms with Gasteiger partial charge in [-0.2, -0.15) is 5.10 Å². The fourth-order valence-corrected chi connectivity index (χ4v) is 4.52. The predicted molar refractivity (Wildman–Crippen MR) is 108 cm³/mol. The molecule has 3 aliphatic rings. The molecule has 1 aliphatic carbocycles. The van der Waals surface area contributed by atoms with Crippen LogP contribution in [0.3, 0.4) is 0 Å². The summed E-state index contributed by atoms with van der Waals surface area (Å²) in [5, 5.41) is 6.71. The molecule has 2 aliphatic heterocycles. The maximum atomic E-state index is 15.0. The highest BCUT2D eigenvalue weighted by molar-refractivity contribution is 6.31. The smallest absolute Gasteiger partial charge is 0.412 e. The van der Waals surface area contributed by atoms with E-state index in [9.17, 15) is 14.0 Å². The van der Waals surface area contributed by atoms with Gasteiger partial charge in [0, 0.05) is 13.1 Å². The average molecular weight is 434 g/mol. The van der Waals surface area contributed by atoms with Crippen molar-refractivity contribution in [1.29, 1.82) is 0 Å². The van der Waals surface area contributed by atoms with Gasteiger partial charge in [-0.1, -0.05) is 11.6 Å². The number of carbonyl (C=O) groups is 2. The fourth-order valence-electron chi connectivity index (χ4n) is 4.37. The van der Waals surface area contributed by atoms with Crippen LogP contribution < -0.4 is 11.1 Å². The minimum absolute atomic E-state index is 0.0107. The number of fused-ring (bicyclic) bond motifs is 2. The van der Waals surface area contributed by atoms with E-state index in [1.54, 1.807) is 15.6 Å². The summed E-state index contributed by atoms with van der Waals surface area (Å²) < 4.78 is 22.2. The number of nitrogens with two attached hydrogens (primary N) is 1. The van der Waals surface area contributed by atoms with Crippen LogP contribution in [-0.4, -0.2) is 39.8 Å². The van der Waals surface area contributed by atoms with E-state index in [2.05, 4.69) is 10.4 Å². The van der Waals surface area contributed by atoms with Gasteiger partial charge in [0.1, 0.15) is 11.4 Å². The molecule has 1 aromatic carbocycles. The number of halogens is 2. The number of hydrogen-bond acceptors (Lipinski definition) is 5. The first-order chi connectivity index (χ1) is 14.4. The van der Waals surface area contributed by atoms with E-state index in [0.29, 0.717) is 48.9 Å². The number of ether oxygens (including phenoxy) is 1. The molecule has 1 aromatic heterocycles. The number of rotatable bonds is 3. The van der Waals surface area contributed by atoms with Gasteiger partial charge in [-0.3, -0.25) is 10.1 Å². The number of likely N-dealkylation sites (tertiary alicyclic amines) is 1. The summed E-state index contributed by atoms with van der Waals surface area (Å²) in [7, 11) is 0. The lowest BCUT2D eigenvalue weighted by Crippen LogP contribution is -2.53. The van der Waals surface area contributed by atoms with Gasteiger partial charge >= 0.3 is 6.09 Å². The summed E-state index contributed by atoms with van der Waals surface area (Å²) in [4.78, 5) is 26.9. The van der Waals surface area contributed by atoms with Crippen molar-refractivity contribution in [2.45, 2.75) is 37.8 Å². The average Bonchev–Trinajstić information content (AvgIpc) is 3.46. The zero-order chi connectivity index (χ0) is 21.0. The molecule has 1 atom stereocenters. The van der Waals surface area contributed by atoms with Crippen LogP contribution in [0.4, 0.5) is 20.7 Å². The summed E-state index contributed by atoms with van der Waals surface area (Å²) in [6.07, 6.45) is 3.98. The Morgan fingerprint density at radius 1 is 1.43 bits per heavy atom. The van der Waals surface area contributed by atoms with E-state index in [-0.39, 0.29) is 23.0 Å². The highest BCUT2D eigenvalue weighted by atomic mass is 35.5. The molecule has 2 fully saturated rings. The molecule has 30 heavy (non-hydrogen) atoms. The monoisotopic (exact) mass is 433 g/mol. The molecule has 158 valence electrons. The van der Waals surface area contributed by atoms with Crippen LogP contribution in [-0.2, 0) is 16.9 Å². The first kappa shape index (κ1) is 19.2. The number of piperidine rings is 1. The second-order valence-corrected chi connectivity index (χ2v) is 8.60. The van der Waals surface area contributed by atoms with Crippen LogP contribution >= 0.6 is 11.6 Å². The van der Waals surface area contributed by atoms with Crippen molar-refractivity contribution in [3.8, 4) is 0 Å². The van der Waals surface area contributed by atoms with Gasteiger partial charge in [0.2, 0.25) is 0 Å². The Bertz CT molecular complexity index is 1050. The first-order valence-corrected chi connectivity index (χ1v) is 10.3. The molecule has 0 bridgehead atoms. The van der Waals surface area contributed by atoms with Gasteiger partial charge in [0.05, 0.1) is 29.0 Å². The van der Waals surface area contributed by atoms with E-state index in [1.165, 1.54) is 12.3 Å². The van der Waals surface area contributed by atoms with Crippen LogP contribution in [0.5, 0.6) is 0 Å². The second kappa shape index (κ2) is 6.87. The Labute approximate surface area is 177 Å². The van der Waals surface area contributed by atoms with Crippen LogP contribution in [0.2, 0.25) is 5.02 Å². The maximum absolute atomic E-state index is 15.0. The van der Waals surface area contributed by atoms with Crippen molar-refractivity contribution >= 4 is 35.1 Å². The normalized spacial score (nSPS) is 23.1. The number of nitrogen functional groups attached to an aromatic ring is 1. The third-order valence-electron chi connectivity index (χ3n) is 6.06. The number of hydrogen-bond donors (Lipinski definition) is 2. The molecule has 0 radical (unpaired) electrons. The second-order valence-electron chi connectivity index (χ2n) is 8.19. The summed E-state index contributed by atoms with van der Waals surface area (Å²) in [5.74, 6) is -0.0809. The van der Waals surface area contributed by atoms with Crippen molar-refractivity contribution in [3.05, 3.63) is 40.3 Å². The molecule has 1 saturated carbocycles. The summed E-state index contributed by atoms with van der Waals surface area (Å²) in [5.41, 5.74) is 5.65. The number of amides is 2. The molecular formula is C20H21ClFN5O3. The standard InChI is InChI=1S/C20H21ClFN5O3/c21-13-4-5-14-15(16(13)22)20(30-19(29)25-14)6-1-7-26(10-20)18(28)12-8-24-27(17(12)23)9-11-2-3-11/h4-5,8,11H,1-3,6-7,9-10,23H2,(H,25,29)/t20-/m0/s1. The molecule has 3 heterocycles. The molecule has 2 aromatic rings. The Kier molecular flexibility index (Phi) is 4.39. The molecule has 1 saturated heterocycles. The van der Waals surface area contributed by atoms with Crippen LogP contribution in [0, 0.1) is 11.7 Å². The molecular weight excluding hydrogens is 413 g/mol.